The maximum atomic E-state index is 5.08. The van der Waals surface area contributed by atoms with Crippen LogP contribution in [-0.2, 0) is 6.42 Å². The minimum Gasteiger partial charge on any atom is -0.497 e. The smallest absolute Gasteiger partial charge is 0.118 e. The third-order valence-corrected chi connectivity index (χ3v) is 2.40. The quantitative estimate of drug-likeness (QED) is 0.604. The Balaban J connectivity index is 2.52. The van der Waals surface area contributed by atoms with Gasteiger partial charge in [-0.15, -0.1) is 0 Å². The van der Waals surface area contributed by atoms with Gasteiger partial charge >= 0.3 is 0 Å². The summed E-state index contributed by atoms with van der Waals surface area (Å²) in [5.74, 6) is 0.900. The maximum Gasteiger partial charge on any atom is 0.118 e. The molecule has 0 heterocycles. The molecule has 14 heavy (non-hydrogen) atoms. The summed E-state index contributed by atoms with van der Waals surface area (Å²) in [4.78, 5) is 0. The van der Waals surface area contributed by atoms with Crippen molar-refractivity contribution >= 4 is 31.9 Å². The highest BCUT2D eigenvalue weighted by Gasteiger charge is 1.92. The van der Waals surface area contributed by atoms with Gasteiger partial charge in [0.2, 0.25) is 0 Å². The van der Waals surface area contributed by atoms with Crippen molar-refractivity contribution in [2.24, 2.45) is 0 Å². The van der Waals surface area contributed by atoms with Gasteiger partial charge in [-0.25, -0.2) is 0 Å². The molecule has 0 aliphatic heterocycles. The van der Waals surface area contributed by atoms with E-state index in [2.05, 4.69) is 56.1 Å². The first-order valence-electron chi connectivity index (χ1n) is 4.30. The van der Waals surface area contributed by atoms with Gasteiger partial charge in [0.25, 0.3) is 0 Å². The molecule has 0 radical (unpaired) electrons. The van der Waals surface area contributed by atoms with Crippen LogP contribution in [0.15, 0.2) is 36.4 Å². The van der Waals surface area contributed by atoms with Crippen molar-refractivity contribution in [3.8, 4) is 5.75 Å². The van der Waals surface area contributed by atoms with Crippen molar-refractivity contribution in [1.29, 1.82) is 0 Å². The number of methoxy groups -OCH3 is 1. The molecule has 0 atom stereocenters. The second-order valence-electron chi connectivity index (χ2n) is 2.81. The summed E-state index contributed by atoms with van der Waals surface area (Å²) < 4.78 is 5.34. The zero-order valence-electron chi connectivity index (χ0n) is 7.91. The highest BCUT2D eigenvalue weighted by molar-refractivity contribution is 9.24. The fourth-order valence-corrected chi connectivity index (χ4v) is 1.50. The number of alkyl halides is 2. The third kappa shape index (κ3) is 4.29. The minimum absolute atomic E-state index is 0.258. The molecule has 1 nitrogen and oxygen atoms in total. The van der Waals surface area contributed by atoms with Crippen LogP contribution < -0.4 is 4.74 Å². The van der Waals surface area contributed by atoms with Gasteiger partial charge in [-0.05, 0) is 24.1 Å². The summed E-state index contributed by atoms with van der Waals surface area (Å²) in [6.07, 6.45) is 5.12. The first kappa shape index (κ1) is 11.8. The highest BCUT2D eigenvalue weighted by Crippen LogP contribution is 2.13. The average molecular weight is 320 g/mol. The monoisotopic (exact) mass is 318 g/mol. The van der Waals surface area contributed by atoms with Crippen molar-refractivity contribution in [3.63, 3.8) is 0 Å². The summed E-state index contributed by atoms with van der Waals surface area (Å²) in [5, 5.41) is 0. The zero-order chi connectivity index (χ0) is 10.4. The lowest BCUT2D eigenvalue weighted by atomic mass is 10.1. The number of benzene rings is 1. The van der Waals surface area contributed by atoms with E-state index in [-0.39, 0.29) is 3.74 Å². The number of halogens is 2. The second-order valence-corrected chi connectivity index (χ2v) is 6.02. The Labute approximate surface area is 101 Å². The predicted octanol–water partition coefficient (Wildman–Crippen LogP) is 3.91. The van der Waals surface area contributed by atoms with Gasteiger partial charge < -0.3 is 4.74 Å². The minimum atomic E-state index is 0.258. The Morgan fingerprint density at radius 3 is 2.43 bits per heavy atom. The first-order valence-corrected chi connectivity index (χ1v) is 6.13. The van der Waals surface area contributed by atoms with E-state index in [4.69, 9.17) is 4.74 Å². The van der Waals surface area contributed by atoms with Crippen LogP contribution in [0.2, 0.25) is 0 Å². The van der Waals surface area contributed by atoms with Gasteiger partial charge in [0, 0.05) is 0 Å². The third-order valence-electron chi connectivity index (χ3n) is 1.79. The van der Waals surface area contributed by atoms with Crippen LogP contribution in [0.3, 0.4) is 0 Å². The Morgan fingerprint density at radius 1 is 1.29 bits per heavy atom. The SMILES string of the molecule is COc1ccc(CC=CC(Br)Br)cc1. The molecule has 3 heteroatoms. The van der Waals surface area contributed by atoms with Crippen molar-refractivity contribution in [1.82, 2.24) is 0 Å². The maximum absolute atomic E-state index is 5.08. The first-order chi connectivity index (χ1) is 6.72. The van der Waals surface area contributed by atoms with Crippen molar-refractivity contribution in [2.75, 3.05) is 7.11 Å². The van der Waals surface area contributed by atoms with Gasteiger partial charge in [0.05, 0.1) is 10.8 Å². The number of rotatable bonds is 4. The Morgan fingerprint density at radius 2 is 1.93 bits per heavy atom. The number of hydrogen-bond acceptors (Lipinski definition) is 1. The lowest BCUT2D eigenvalue weighted by Gasteiger charge is -2.00. The Hall–Kier alpha value is -0.280. The zero-order valence-corrected chi connectivity index (χ0v) is 11.1. The topological polar surface area (TPSA) is 9.23 Å². The normalized spacial score (nSPS) is 11.1. The number of ether oxygens (including phenoxy) is 1. The van der Waals surface area contributed by atoms with Crippen LogP contribution in [0, 0.1) is 0 Å². The fraction of sp³-hybridized carbons (Fsp3) is 0.273. The molecule has 0 bridgehead atoms. The number of allylic oxidation sites excluding steroid dienone is 2. The van der Waals surface area contributed by atoms with Gasteiger partial charge in [-0.1, -0.05) is 56.1 Å². The van der Waals surface area contributed by atoms with E-state index < -0.39 is 0 Å². The molecule has 1 rings (SSSR count). The van der Waals surface area contributed by atoms with E-state index in [0.29, 0.717) is 0 Å². The van der Waals surface area contributed by atoms with Crippen LogP contribution >= 0.6 is 31.9 Å². The summed E-state index contributed by atoms with van der Waals surface area (Å²) in [5.41, 5.74) is 1.28. The van der Waals surface area contributed by atoms with Gasteiger partial charge in [0.1, 0.15) is 5.75 Å². The molecule has 0 aliphatic rings. The van der Waals surface area contributed by atoms with Gasteiger partial charge in [0.15, 0.2) is 0 Å². The van der Waals surface area contributed by atoms with E-state index >= 15 is 0 Å². The standard InChI is InChI=1S/C11H12Br2O/c1-14-10-7-5-9(6-8-10)3-2-4-11(12)13/h2,4-8,11H,3H2,1H3. The van der Waals surface area contributed by atoms with Gasteiger partial charge in [-0.3, -0.25) is 0 Å². The van der Waals surface area contributed by atoms with E-state index in [9.17, 15) is 0 Å². The molecule has 0 amide bonds. The molecule has 0 aliphatic carbocycles. The lowest BCUT2D eigenvalue weighted by molar-refractivity contribution is 0.414. The molecule has 1 aromatic carbocycles. The number of hydrogen-bond donors (Lipinski definition) is 0. The Kier molecular flexibility index (Phi) is 5.26. The van der Waals surface area contributed by atoms with Crippen molar-refractivity contribution < 1.29 is 4.74 Å². The predicted molar refractivity (Wildman–Crippen MR) is 67.5 cm³/mol. The summed E-state index contributed by atoms with van der Waals surface area (Å²) in [6.45, 7) is 0. The second kappa shape index (κ2) is 6.25. The van der Waals surface area contributed by atoms with E-state index in [1.807, 2.05) is 12.1 Å². The molecule has 0 spiro atoms. The molecule has 0 unspecified atom stereocenters. The van der Waals surface area contributed by atoms with Crippen LogP contribution in [0.5, 0.6) is 5.75 Å². The molecule has 0 fully saturated rings. The van der Waals surface area contributed by atoms with Gasteiger partial charge in [-0.2, -0.15) is 0 Å². The Bertz CT molecular complexity index is 291. The van der Waals surface area contributed by atoms with Crippen LogP contribution in [0.1, 0.15) is 5.56 Å². The molecule has 0 saturated heterocycles. The van der Waals surface area contributed by atoms with E-state index in [1.165, 1.54) is 5.56 Å². The van der Waals surface area contributed by atoms with Crippen molar-refractivity contribution in [2.45, 2.75) is 10.2 Å². The summed E-state index contributed by atoms with van der Waals surface area (Å²) >= 11 is 6.76. The van der Waals surface area contributed by atoms with Crippen LogP contribution in [-0.4, -0.2) is 10.8 Å². The van der Waals surface area contributed by atoms with Crippen molar-refractivity contribution in [3.05, 3.63) is 42.0 Å². The molecule has 0 aromatic heterocycles. The van der Waals surface area contributed by atoms with E-state index in [0.717, 1.165) is 12.2 Å². The lowest BCUT2D eigenvalue weighted by Crippen LogP contribution is -1.85. The summed E-state index contributed by atoms with van der Waals surface area (Å²) in [6, 6.07) is 8.09. The molecular weight excluding hydrogens is 308 g/mol. The molecular formula is C11H12Br2O. The average Bonchev–Trinajstić information content (AvgIpc) is 2.18. The highest BCUT2D eigenvalue weighted by atomic mass is 79.9. The fourth-order valence-electron chi connectivity index (χ4n) is 1.07. The van der Waals surface area contributed by atoms with Crippen LogP contribution in [0.4, 0.5) is 0 Å². The summed E-state index contributed by atoms with van der Waals surface area (Å²) in [7, 11) is 1.68. The molecule has 0 N–H and O–H groups in total. The molecule has 1 aromatic rings. The largest absolute Gasteiger partial charge is 0.497 e. The molecule has 76 valence electrons. The van der Waals surface area contributed by atoms with Crippen LogP contribution in [0.25, 0.3) is 0 Å². The van der Waals surface area contributed by atoms with E-state index in [1.54, 1.807) is 7.11 Å². The molecule has 0 saturated carbocycles.